The van der Waals surface area contributed by atoms with E-state index in [1.165, 1.54) is 16.3 Å². The van der Waals surface area contributed by atoms with Crippen LogP contribution >= 0.6 is 11.3 Å². The number of ether oxygens (including phenoxy) is 3. The monoisotopic (exact) mass is 785 g/mol. The number of hydrogen-bond donors (Lipinski definition) is 2. The number of nitrogens with zero attached hydrogens (tertiary/aromatic N) is 5. The Balaban J connectivity index is 1.41. The summed E-state index contributed by atoms with van der Waals surface area (Å²) >= 11 is 1.44. The van der Waals surface area contributed by atoms with Crippen LogP contribution in [0.3, 0.4) is 0 Å². The van der Waals surface area contributed by atoms with Gasteiger partial charge in [-0.2, -0.15) is 0 Å². The highest BCUT2D eigenvalue weighted by Crippen LogP contribution is 2.57. The van der Waals surface area contributed by atoms with Gasteiger partial charge in [-0.1, -0.05) is 19.9 Å². The Hall–Kier alpha value is -4.53. The molecule has 2 amide bonds. The number of nitrogens with one attached hydrogen (secondary N) is 2. The molecule has 7 rings (SSSR count). The van der Waals surface area contributed by atoms with E-state index in [9.17, 15) is 14.4 Å². The summed E-state index contributed by atoms with van der Waals surface area (Å²) in [7, 11) is 1.73. The molecule has 0 radical (unpaired) electrons. The maximum absolute atomic E-state index is 14.1. The lowest BCUT2D eigenvalue weighted by Crippen LogP contribution is -2.60. The Bertz CT molecular complexity index is 2130. The van der Waals surface area contributed by atoms with Gasteiger partial charge in [-0.25, -0.2) is 15.2 Å². The predicted octanol–water partition coefficient (Wildman–Crippen LogP) is 6.99. The lowest BCUT2D eigenvalue weighted by Gasteiger charge is -2.42. The fourth-order valence-corrected chi connectivity index (χ4v) is 9.44. The highest BCUT2D eigenvalue weighted by Gasteiger charge is 2.48. The van der Waals surface area contributed by atoms with E-state index in [2.05, 4.69) is 79.1 Å². The molecule has 1 saturated heterocycles. The summed E-state index contributed by atoms with van der Waals surface area (Å²) in [6.07, 6.45) is 2.04. The molecule has 3 aromatic heterocycles. The average Bonchev–Trinajstić information content (AvgIpc) is 3.77. The molecule has 1 aromatic carbocycles. The van der Waals surface area contributed by atoms with Gasteiger partial charge in [0.15, 0.2) is 0 Å². The number of alkyl carbamates (subject to hydrolysis) is 1. The second-order valence-corrected chi connectivity index (χ2v) is 17.6. The van der Waals surface area contributed by atoms with Crippen LogP contribution < -0.4 is 15.6 Å². The lowest BCUT2D eigenvalue weighted by atomic mass is 9.67. The van der Waals surface area contributed by atoms with Crippen molar-refractivity contribution >= 4 is 45.9 Å². The van der Waals surface area contributed by atoms with Gasteiger partial charge in [0, 0.05) is 78.5 Å². The third-order valence-corrected chi connectivity index (χ3v) is 12.1. The molecule has 56 heavy (non-hydrogen) atoms. The maximum atomic E-state index is 14.1. The van der Waals surface area contributed by atoms with E-state index < -0.39 is 41.3 Å². The molecule has 6 bridgehead atoms. The van der Waals surface area contributed by atoms with Crippen molar-refractivity contribution in [3.05, 3.63) is 52.1 Å². The summed E-state index contributed by atoms with van der Waals surface area (Å²) in [5, 5.41) is 7.97. The number of hydrogen-bond acceptors (Lipinski definition) is 11. The number of cyclic esters (lactones) is 1. The fourth-order valence-electron chi connectivity index (χ4n) is 8.59. The third-order valence-electron chi connectivity index (χ3n) is 11.2. The fraction of sp³-hybridized carbons (Fsp3) is 0.548. The summed E-state index contributed by atoms with van der Waals surface area (Å²) in [6.45, 7) is 18.9. The zero-order valence-electron chi connectivity index (χ0n) is 34.0. The van der Waals surface area contributed by atoms with Crippen LogP contribution in [0.15, 0.2) is 35.8 Å². The number of carbonyl (C=O) groups excluding carboxylic acids is 3. The highest BCUT2D eigenvalue weighted by atomic mass is 32.1. The van der Waals surface area contributed by atoms with E-state index in [0.29, 0.717) is 24.4 Å². The molecule has 5 heterocycles. The number of thiazole rings is 1. The van der Waals surface area contributed by atoms with Crippen LogP contribution in [0.2, 0.25) is 0 Å². The standard InChI is InChI=1S/C42H55N7O6S/c1-10-47(11-2)25-19-27-35(43-21-25)37(53-9)34-33-26-18-24(15-16-31(26)48(12-3)36(27)33)30-22-56-32(44-30)20-29(45-40(52)55-41(4,5)6)38(50)49-17-13-14-28(46-49)39(51)54-23-42(34,7)8/h15-16,18-19,21-22,28-29,34,37,46H,10-14,17,20,23H2,1-9H3,(H,45,52)/t28-,29-,34?,37-/m0/s1. The van der Waals surface area contributed by atoms with E-state index in [4.69, 9.17) is 24.2 Å². The zero-order chi connectivity index (χ0) is 40.1. The Kier molecular flexibility index (Phi) is 10.9. The number of fused-ring (bicyclic) bond motifs is 8. The normalized spacial score (nSPS) is 22.3. The number of benzene rings is 1. The molecule has 1 unspecified atom stereocenters. The molecule has 14 heteroatoms. The van der Waals surface area contributed by atoms with E-state index in [0.717, 1.165) is 70.0 Å². The van der Waals surface area contributed by atoms with Crippen molar-refractivity contribution in [3.8, 4) is 22.5 Å². The molecule has 3 aliphatic rings. The number of anilines is 1. The van der Waals surface area contributed by atoms with E-state index in [1.807, 2.05) is 11.6 Å². The molecule has 2 N–H and O–H groups in total. The number of hydrazine groups is 1. The van der Waals surface area contributed by atoms with Gasteiger partial charge in [0.1, 0.15) is 23.8 Å². The zero-order valence-corrected chi connectivity index (χ0v) is 34.8. The maximum Gasteiger partial charge on any atom is 0.408 e. The number of amides is 2. The number of aromatic nitrogens is 3. The van der Waals surface area contributed by atoms with Gasteiger partial charge in [-0.15, -0.1) is 11.3 Å². The SMILES string of the molecule is CCN(CC)c1cnc2c(c1)-c1c3c4cc(ccc4n1CC)-c1csc(n1)C[C@H](NC(=O)OC(C)(C)C)C(=O)N1CCC[C@H](N1)C(=O)OCC(C)(C)C3[C@@H]2OC. The van der Waals surface area contributed by atoms with Crippen molar-refractivity contribution in [1.82, 2.24) is 30.3 Å². The first-order chi connectivity index (χ1) is 26.7. The second kappa shape index (κ2) is 15.4. The van der Waals surface area contributed by atoms with Crippen LogP contribution in [-0.4, -0.2) is 88.5 Å². The molecular weight excluding hydrogens is 731 g/mol. The van der Waals surface area contributed by atoms with Crippen molar-refractivity contribution in [2.75, 3.05) is 38.3 Å². The Morgan fingerprint density at radius 3 is 2.62 bits per heavy atom. The minimum absolute atomic E-state index is 0.103. The topological polar surface area (TPSA) is 140 Å². The van der Waals surface area contributed by atoms with Gasteiger partial charge >= 0.3 is 12.1 Å². The summed E-state index contributed by atoms with van der Waals surface area (Å²) in [6, 6.07) is 6.98. The minimum Gasteiger partial charge on any atom is -0.464 e. The molecule has 2 aliphatic heterocycles. The number of pyridine rings is 1. The van der Waals surface area contributed by atoms with E-state index in [1.54, 1.807) is 27.9 Å². The largest absolute Gasteiger partial charge is 0.464 e. The first-order valence-electron chi connectivity index (χ1n) is 19.8. The van der Waals surface area contributed by atoms with Gasteiger partial charge < -0.3 is 29.0 Å². The molecule has 13 nitrogen and oxygen atoms in total. The minimum atomic E-state index is -0.987. The predicted molar refractivity (Wildman–Crippen MR) is 217 cm³/mol. The summed E-state index contributed by atoms with van der Waals surface area (Å²) in [4.78, 5) is 53.5. The number of esters is 1. The van der Waals surface area contributed by atoms with Crippen molar-refractivity contribution < 1.29 is 28.6 Å². The van der Waals surface area contributed by atoms with Gasteiger partial charge in [0.05, 0.1) is 40.6 Å². The Morgan fingerprint density at radius 2 is 1.93 bits per heavy atom. The average molecular weight is 786 g/mol. The summed E-state index contributed by atoms with van der Waals surface area (Å²) in [5.74, 6) is -1.07. The lowest BCUT2D eigenvalue weighted by molar-refractivity contribution is -0.156. The molecule has 0 saturated carbocycles. The molecule has 4 atom stereocenters. The van der Waals surface area contributed by atoms with Crippen LogP contribution in [0.4, 0.5) is 10.5 Å². The summed E-state index contributed by atoms with van der Waals surface area (Å²) < 4.78 is 20.6. The molecule has 300 valence electrons. The quantitative estimate of drug-likeness (QED) is 0.197. The van der Waals surface area contributed by atoms with Crippen LogP contribution in [0.5, 0.6) is 0 Å². The van der Waals surface area contributed by atoms with Crippen LogP contribution in [0.25, 0.3) is 33.4 Å². The van der Waals surface area contributed by atoms with Gasteiger partial charge in [-0.3, -0.25) is 19.6 Å². The van der Waals surface area contributed by atoms with Crippen molar-refractivity contribution in [1.29, 1.82) is 0 Å². The number of carbonyl (C=O) groups is 3. The van der Waals surface area contributed by atoms with E-state index in [-0.39, 0.29) is 24.9 Å². The van der Waals surface area contributed by atoms with Crippen molar-refractivity contribution in [2.24, 2.45) is 5.41 Å². The highest BCUT2D eigenvalue weighted by molar-refractivity contribution is 7.10. The third kappa shape index (κ3) is 7.38. The van der Waals surface area contributed by atoms with Crippen LogP contribution in [-0.2, 0) is 36.8 Å². The van der Waals surface area contributed by atoms with Gasteiger partial charge in [-0.05, 0) is 78.1 Å². The van der Waals surface area contributed by atoms with Crippen LogP contribution in [0, 0.1) is 5.41 Å². The van der Waals surface area contributed by atoms with Crippen molar-refractivity contribution in [3.63, 3.8) is 0 Å². The van der Waals surface area contributed by atoms with Crippen molar-refractivity contribution in [2.45, 2.75) is 111 Å². The molecule has 1 aliphatic carbocycles. The van der Waals surface area contributed by atoms with Gasteiger partial charge in [0.2, 0.25) is 0 Å². The number of methoxy groups -OCH3 is 1. The molecular formula is C42H55N7O6S. The number of aryl methyl sites for hydroxylation is 1. The van der Waals surface area contributed by atoms with Crippen LogP contribution in [0.1, 0.15) is 96.5 Å². The molecule has 1 fully saturated rings. The number of rotatable bonds is 6. The first-order valence-corrected chi connectivity index (χ1v) is 20.7. The van der Waals surface area contributed by atoms with Gasteiger partial charge in [0.25, 0.3) is 5.91 Å². The summed E-state index contributed by atoms with van der Waals surface area (Å²) in [5.41, 5.74) is 9.72. The molecule has 0 spiro atoms. The smallest absolute Gasteiger partial charge is 0.408 e. The Morgan fingerprint density at radius 1 is 1.16 bits per heavy atom. The first kappa shape index (κ1) is 39.7. The Labute approximate surface area is 333 Å². The molecule has 4 aromatic rings. The van der Waals surface area contributed by atoms with E-state index >= 15 is 0 Å². The second-order valence-electron chi connectivity index (χ2n) is 16.6.